The Kier molecular flexibility index (Phi) is 5.41. The van der Waals surface area contributed by atoms with Crippen molar-refractivity contribution in [2.24, 2.45) is 0 Å². The molecule has 0 bridgehead atoms. The van der Waals surface area contributed by atoms with E-state index in [4.69, 9.17) is 0 Å². The van der Waals surface area contributed by atoms with Gasteiger partial charge in [-0.05, 0) is 12.1 Å². The summed E-state index contributed by atoms with van der Waals surface area (Å²) in [6.07, 6.45) is 2.11. The molecule has 0 atom stereocenters. The maximum absolute atomic E-state index is 11.0. The zero-order chi connectivity index (χ0) is 10.1. The third kappa shape index (κ3) is 3.41. The molecule has 7 heteroatoms. The molecule has 0 fully saturated rings. The predicted molar refractivity (Wildman–Crippen MR) is 41.7 cm³/mol. The Hall–Kier alpha value is 0.206. The van der Waals surface area contributed by atoms with Crippen LogP contribution in [0.1, 0.15) is 10.5 Å². The summed E-state index contributed by atoms with van der Waals surface area (Å²) in [7, 11) is -3.56. The predicted octanol–water partition coefficient (Wildman–Crippen LogP) is -4.15. The van der Waals surface area contributed by atoms with Gasteiger partial charge in [0.05, 0.1) is 10.9 Å². The number of carboxylic acid groups (broad SMARTS) is 1. The first-order valence-corrected chi connectivity index (χ1v) is 5.18. The third-order valence-corrected chi connectivity index (χ3v) is 2.49. The summed E-state index contributed by atoms with van der Waals surface area (Å²) in [6, 6.07) is 2.52. The van der Waals surface area contributed by atoms with E-state index >= 15 is 0 Å². The van der Waals surface area contributed by atoms with Crippen LogP contribution in [0.15, 0.2) is 23.2 Å². The summed E-state index contributed by atoms with van der Waals surface area (Å²) >= 11 is 0. The molecule has 14 heavy (non-hydrogen) atoms. The number of hydrogen-bond donors (Lipinski definition) is 0. The topological polar surface area (TPSA) is 87.2 Å². The third-order valence-electron chi connectivity index (χ3n) is 1.36. The molecule has 1 rings (SSSR count). The molecule has 0 aliphatic carbocycles. The van der Waals surface area contributed by atoms with Gasteiger partial charge in [0.15, 0.2) is 9.84 Å². The Morgan fingerprint density at radius 3 is 2.43 bits per heavy atom. The Balaban J connectivity index is 0.00000169. The first-order chi connectivity index (χ1) is 5.93. The van der Waals surface area contributed by atoms with Gasteiger partial charge in [0, 0.05) is 12.5 Å². The molecule has 1 heterocycles. The first kappa shape index (κ1) is 14.2. The van der Waals surface area contributed by atoms with Crippen molar-refractivity contribution < 1.29 is 69.7 Å². The number of carbonyl (C=O) groups is 1. The number of carboxylic acids is 1. The molecule has 0 saturated heterocycles. The number of hydrogen-bond acceptors (Lipinski definition) is 5. The number of nitrogens with zero attached hydrogens (tertiary/aromatic N) is 1. The number of pyridine rings is 1. The fourth-order valence-corrected chi connectivity index (χ4v) is 1.66. The van der Waals surface area contributed by atoms with Gasteiger partial charge in [-0.3, -0.25) is 4.98 Å². The summed E-state index contributed by atoms with van der Waals surface area (Å²) in [5.74, 6) is -1.60. The van der Waals surface area contributed by atoms with Crippen LogP contribution in [0.5, 0.6) is 0 Å². The molecular weight excluding hydrogens is 233 g/mol. The Morgan fingerprint density at radius 1 is 1.50 bits per heavy atom. The molecule has 0 unspecified atom stereocenters. The van der Waals surface area contributed by atoms with Gasteiger partial charge >= 0.3 is 51.4 Å². The van der Waals surface area contributed by atoms with Crippen LogP contribution in [0.4, 0.5) is 0 Å². The van der Waals surface area contributed by atoms with Gasteiger partial charge in [-0.15, -0.1) is 0 Å². The molecule has 0 aromatic carbocycles. The Morgan fingerprint density at radius 2 is 2.07 bits per heavy atom. The molecule has 0 N–H and O–H groups in total. The number of sulfone groups is 1. The average Bonchev–Trinajstić information content (AvgIpc) is 2.03. The fraction of sp³-hybridized carbons (Fsp3) is 0.143. The molecular formula is C7H6KNO4S. The van der Waals surface area contributed by atoms with Crippen LogP contribution in [-0.2, 0) is 9.84 Å². The molecule has 0 aliphatic heterocycles. The summed E-state index contributed by atoms with van der Waals surface area (Å²) in [5, 5.41) is 10.4. The molecule has 5 nitrogen and oxygen atoms in total. The maximum Gasteiger partial charge on any atom is 1.00 e. The van der Waals surface area contributed by atoms with E-state index in [-0.39, 0.29) is 56.3 Å². The molecule has 0 amide bonds. The van der Waals surface area contributed by atoms with Gasteiger partial charge in [0.1, 0.15) is 5.69 Å². The van der Waals surface area contributed by atoms with Gasteiger partial charge < -0.3 is 9.90 Å². The quantitative estimate of drug-likeness (QED) is 0.489. The van der Waals surface area contributed by atoms with Gasteiger partial charge in [-0.1, -0.05) is 0 Å². The van der Waals surface area contributed by atoms with E-state index in [0.29, 0.717) is 0 Å². The normalized spacial score (nSPS) is 10.4. The molecule has 0 radical (unpaired) electrons. The van der Waals surface area contributed by atoms with Crippen molar-refractivity contribution in [3.8, 4) is 0 Å². The summed E-state index contributed by atoms with van der Waals surface area (Å²) < 4.78 is 22.1. The van der Waals surface area contributed by atoms with Crippen molar-refractivity contribution in [1.82, 2.24) is 4.98 Å². The van der Waals surface area contributed by atoms with Crippen molar-refractivity contribution in [3.63, 3.8) is 0 Å². The van der Waals surface area contributed by atoms with Crippen LogP contribution in [0.25, 0.3) is 0 Å². The van der Waals surface area contributed by atoms with Gasteiger partial charge in [-0.2, -0.15) is 0 Å². The Labute approximate surface area is 124 Å². The minimum absolute atomic E-state index is 0. The van der Waals surface area contributed by atoms with Crippen LogP contribution in [0.3, 0.4) is 0 Å². The van der Waals surface area contributed by atoms with Gasteiger partial charge in [0.25, 0.3) is 0 Å². The SMILES string of the molecule is CS(=O)(=O)c1cccnc1C(=O)[O-].[K+]. The zero-order valence-corrected chi connectivity index (χ0v) is 11.7. The second-order valence-electron chi connectivity index (χ2n) is 2.41. The molecule has 1 aromatic heterocycles. The van der Waals surface area contributed by atoms with E-state index in [9.17, 15) is 18.3 Å². The number of aromatic nitrogens is 1. The van der Waals surface area contributed by atoms with Crippen molar-refractivity contribution >= 4 is 15.8 Å². The molecule has 1 aromatic rings. The standard InChI is InChI=1S/C7H7NO4S.K/c1-13(11,12)5-3-2-4-8-6(5)7(9)10;/h2-4H,1H3,(H,9,10);/q;+1/p-1. The second-order valence-corrected chi connectivity index (χ2v) is 4.39. The van der Waals surface area contributed by atoms with Crippen LogP contribution >= 0.6 is 0 Å². The monoisotopic (exact) mass is 239 g/mol. The summed E-state index contributed by atoms with van der Waals surface area (Å²) in [6.45, 7) is 0. The molecule has 70 valence electrons. The molecule has 0 spiro atoms. The van der Waals surface area contributed by atoms with Crippen LogP contribution in [-0.4, -0.2) is 25.6 Å². The van der Waals surface area contributed by atoms with E-state index in [1.54, 1.807) is 0 Å². The number of aromatic carboxylic acids is 1. The van der Waals surface area contributed by atoms with Crippen molar-refractivity contribution in [3.05, 3.63) is 24.0 Å². The largest absolute Gasteiger partial charge is 1.00 e. The minimum Gasteiger partial charge on any atom is -0.543 e. The van der Waals surface area contributed by atoms with Crippen molar-refractivity contribution in [1.29, 1.82) is 0 Å². The molecule has 0 saturated carbocycles. The zero-order valence-electron chi connectivity index (χ0n) is 7.72. The second kappa shape index (κ2) is 5.33. The molecule has 0 aliphatic rings. The van der Waals surface area contributed by atoms with Gasteiger partial charge in [-0.25, -0.2) is 8.42 Å². The first-order valence-electron chi connectivity index (χ1n) is 3.29. The van der Waals surface area contributed by atoms with Crippen LogP contribution in [0, 0.1) is 0 Å². The fourth-order valence-electron chi connectivity index (χ4n) is 0.843. The van der Waals surface area contributed by atoms with Crippen molar-refractivity contribution in [2.45, 2.75) is 4.90 Å². The van der Waals surface area contributed by atoms with E-state index < -0.39 is 21.5 Å². The summed E-state index contributed by atoms with van der Waals surface area (Å²) in [4.78, 5) is 13.5. The number of carbonyl (C=O) groups excluding carboxylic acids is 1. The van der Waals surface area contributed by atoms with E-state index in [1.165, 1.54) is 18.3 Å². The van der Waals surface area contributed by atoms with Gasteiger partial charge in [0.2, 0.25) is 0 Å². The average molecular weight is 239 g/mol. The van der Waals surface area contributed by atoms with E-state index in [2.05, 4.69) is 4.98 Å². The summed E-state index contributed by atoms with van der Waals surface area (Å²) in [5.41, 5.74) is -0.551. The Bertz CT molecular complexity index is 443. The smallest absolute Gasteiger partial charge is 0.543 e. The van der Waals surface area contributed by atoms with Crippen LogP contribution < -0.4 is 56.5 Å². The maximum atomic E-state index is 11.0. The van der Waals surface area contributed by atoms with E-state index in [0.717, 1.165) is 6.26 Å². The van der Waals surface area contributed by atoms with Crippen molar-refractivity contribution in [2.75, 3.05) is 6.26 Å². The minimum atomic E-state index is -3.56. The number of rotatable bonds is 2. The van der Waals surface area contributed by atoms with Crippen LogP contribution in [0.2, 0.25) is 0 Å². The van der Waals surface area contributed by atoms with E-state index in [1.807, 2.05) is 0 Å².